The van der Waals surface area contributed by atoms with Gasteiger partial charge in [0, 0.05) is 0 Å². The molecule has 0 bridgehead atoms. The van der Waals surface area contributed by atoms with E-state index in [9.17, 15) is 13.5 Å². The van der Waals surface area contributed by atoms with Gasteiger partial charge in [-0.25, -0.2) is 13.6 Å². The van der Waals surface area contributed by atoms with E-state index in [-0.39, 0.29) is 11.0 Å². The monoisotopic (exact) mass is 229 g/mol. The molecule has 0 radical (unpaired) electrons. The van der Waals surface area contributed by atoms with Crippen molar-refractivity contribution in [3.05, 3.63) is 29.8 Å². The van der Waals surface area contributed by atoms with E-state index in [0.717, 1.165) is 5.56 Å². The summed E-state index contributed by atoms with van der Waals surface area (Å²) >= 11 is 0. The Morgan fingerprint density at radius 1 is 1.33 bits per heavy atom. The van der Waals surface area contributed by atoms with E-state index in [1.54, 1.807) is 12.1 Å². The van der Waals surface area contributed by atoms with E-state index >= 15 is 0 Å². The molecule has 0 heterocycles. The van der Waals surface area contributed by atoms with Crippen LogP contribution in [0.2, 0.25) is 0 Å². The highest BCUT2D eigenvalue weighted by Crippen LogP contribution is 2.11. The SMILES string of the molecule is CCC(O)Cc1ccc(S(N)(=O)=O)cc1. The van der Waals surface area contributed by atoms with Crippen molar-refractivity contribution in [3.63, 3.8) is 0 Å². The Bertz CT molecular complexity index is 411. The summed E-state index contributed by atoms with van der Waals surface area (Å²) in [5.41, 5.74) is 0.900. The highest BCUT2D eigenvalue weighted by atomic mass is 32.2. The van der Waals surface area contributed by atoms with Crippen molar-refractivity contribution in [1.29, 1.82) is 0 Å². The molecular weight excluding hydrogens is 214 g/mol. The lowest BCUT2D eigenvalue weighted by Crippen LogP contribution is -2.12. The Balaban J connectivity index is 2.82. The number of benzene rings is 1. The number of hydrogen-bond donors (Lipinski definition) is 2. The third kappa shape index (κ3) is 3.62. The van der Waals surface area contributed by atoms with Crippen LogP contribution in [0.15, 0.2) is 29.2 Å². The van der Waals surface area contributed by atoms with Crippen molar-refractivity contribution in [2.45, 2.75) is 30.8 Å². The van der Waals surface area contributed by atoms with E-state index in [0.29, 0.717) is 12.8 Å². The molecule has 0 amide bonds. The third-order valence-corrected chi connectivity index (χ3v) is 3.12. The van der Waals surface area contributed by atoms with Crippen molar-refractivity contribution < 1.29 is 13.5 Å². The van der Waals surface area contributed by atoms with E-state index in [2.05, 4.69) is 0 Å². The first-order valence-electron chi connectivity index (χ1n) is 4.73. The zero-order chi connectivity index (χ0) is 11.5. The molecule has 0 fully saturated rings. The summed E-state index contributed by atoms with van der Waals surface area (Å²) in [7, 11) is -3.62. The molecular formula is C10H15NO3S. The average molecular weight is 229 g/mol. The fourth-order valence-electron chi connectivity index (χ4n) is 1.23. The van der Waals surface area contributed by atoms with Crippen LogP contribution in [0, 0.1) is 0 Å². The molecule has 15 heavy (non-hydrogen) atoms. The number of aliphatic hydroxyl groups excluding tert-OH is 1. The molecule has 0 aliphatic rings. The van der Waals surface area contributed by atoms with Crippen molar-refractivity contribution >= 4 is 10.0 Å². The van der Waals surface area contributed by atoms with Crippen LogP contribution < -0.4 is 5.14 Å². The lowest BCUT2D eigenvalue weighted by atomic mass is 10.1. The van der Waals surface area contributed by atoms with E-state index in [1.807, 2.05) is 6.92 Å². The van der Waals surface area contributed by atoms with Crippen LogP contribution in [0.25, 0.3) is 0 Å². The largest absolute Gasteiger partial charge is 0.393 e. The van der Waals surface area contributed by atoms with Gasteiger partial charge in [-0.05, 0) is 30.5 Å². The first kappa shape index (κ1) is 12.2. The van der Waals surface area contributed by atoms with Gasteiger partial charge in [0.15, 0.2) is 0 Å². The lowest BCUT2D eigenvalue weighted by molar-refractivity contribution is 0.171. The zero-order valence-electron chi connectivity index (χ0n) is 8.55. The van der Waals surface area contributed by atoms with Gasteiger partial charge in [0.05, 0.1) is 11.0 Å². The third-order valence-electron chi connectivity index (χ3n) is 2.19. The molecule has 0 aliphatic carbocycles. The number of primary sulfonamides is 1. The number of sulfonamides is 1. The van der Waals surface area contributed by atoms with Gasteiger partial charge in [-0.2, -0.15) is 0 Å². The van der Waals surface area contributed by atoms with Gasteiger partial charge in [0.2, 0.25) is 10.0 Å². The van der Waals surface area contributed by atoms with Gasteiger partial charge >= 0.3 is 0 Å². The maximum Gasteiger partial charge on any atom is 0.238 e. The molecule has 0 aromatic heterocycles. The van der Waals surface area contributed by atoms with Crippen LogP contribution in [0.1, 0.15) is 18.9 Å². The Labute approximate surface area is 89.8 Å². The Kier molecular flexibility index (Phi) is 3.84. The fourth-order valence-corrected chi connectivity index (χ4v) is 1.75. The average Bonchev–Trinajstić information content (AvgIpc) is 2.17. The summed E-state index contributed by atoms with van der Waals surface area (Å²) in [6, 6.07) is 6.23. The second-order valence-corrected chi connectivity index (χ2v) is 5.02. The van der Waals surface area contributed by atoms with Gasteiger partial charge in [-0.1, -0.05) is 19.1 Å². The number of nitrogens with two attached hydrogens (primary N) is 1. The molecule has 1 aromatic rings. The minimum Gasteiger partial charge on any atom is -0.393 e. The van der Waals surface area contributed by atoms with Crippen LogP contribution in [-0.2, 0) is 16.4 Å². The molecule has 84 valence electrons. The summed E-state index contributed by atoms with van der Waals surface area (Å²) in [6.07, 6.45) is 0.823. The minimum absolute atomic E-state index is 0.0947. The summed E-state index contributed by atoms with van der Waals surface area (Å²) in [5, 5.41) is 14.4. The first-order chi connectivity index (χ1) is 6.93. The van der Waals surface area contributed by atoms with Crippen molar-refractivity contribution in [1.82, 2.24) is 0 Å². The number of rotatable bonds is 4. The molecule has 3 N–H and O–H groups in total. The smallest absolute Gasteiger partial charge is 0.238 e. The second kappa shape index (κ2) is 4.74. The van der Waals surface area contributed by atoms with Gasteiger partial charge in [0.1, 0.15) is 0 Å². The highest BCUT2D eigenvalue weighted by Gasteiger charge is 2.08. The van der Waals surface area contributed by atoms with Crippen molar-refractivity contribution in [2.75, 3.05) is 0 Å². The Morgan fingerprint density at radius 2 is 1.87 bits per heavy atom. The van der Waals surface area contributed by atoms with Gasteiger partial charge in [0.25, 0.3) is 0 Å². The highest BCUT2D eigenvalue weighted by molar-refractivity contribution is 7.89. The quantitative estimate of drug-likeness (QED) is 0.795. The summed E-state index contributed by atoms with van der Waals surface area (Å²) in [5.74, 6) is 0. The fraction of sp³-hybridized carbons (Fsp3) is 0.400. The summed E-state index contributed by atoms with van der Waals surface area (Å²) in [4.78, 5) is 0.0947. The van der Waals surface area contributed by atoms with Crippen molar-refractivity contribution in [3.8, 4) is 0 Å². The molecule has 0 saturated carbocycles. The zero-order valence-corrected chi connectivity index (χ0v) is 9.37. The molecule has 1 rings (SSSR count). The lowest BCUT2D eigenvalue weighted by Gasteiger charge is -2.07. The van der Waals surface area contributed by atoms with Crippen LogP contribution in [0.5, 0.6) is 0 Å². The van der Waals surface area contributed by atoms with E-state index in [4.69, 9.17) is 5.14 Å². The van der Waals surface area contributed by atoms with Gasteiger partial charge < -0.3 is 5.11 Å². The Hall–Kier alpha value is -0.910. The molecule has 1 unspecified atom stereocenters. The van der Waals surface area contributed by atoms with Gasteiger partial charge in [-0.15, -0.1) is 0 Å². The predicted molar refractivity (Wildman–Crippen MR) is 57.8 cm³/mol. The molecule has 4 nitrogen and oxygen atoms in total. The first-order valence-corrected chi connectivity index (χ1v) is 6.28. The standard InChI is InChI=1S/C10H15NO3S/c1-2-9(12)7-8-3-5-10(6-4-8)15(11,13)14/h3-6,9,12H,2,7H2,1H3,(H2,11,13,14). The summed E-state index contributed by atoms with van der Waals surface area (Å²) < 4.78 is 21.9. The van der Waals surface area contributed by atoms with Crippen LogP contribution in [-0.4, -0.2) is 19.6 Å². The maximum atomic E-state index is 11.0. The molecule has 5 heteroatoms. The molecule has 0 spiro atoms. The van der Waals surface area contributed by atoms with Crippen LogP contribution >= 0.6 is 0 Å². The van der Waals surface area contributed by atoms with E-state index in [1.165, 1.54) is 12.1 Å². The summed E-state index contributed by atoms with van der Waals surface area (Å²) in [6.45, 7) is 1.89. The molecule has 1 aromatic carbocycles. The normalized spacial score (nSPS) is 13.8. The van der Waals surface area contributed by atoms with Gasteiger partial charge in [-0.3, -0.25) is 0 Å². The number of hydrogen-bond acceptors (Lipinski definition) is 3. The predicted octanol–water partition coefficient (Wildman–Crippen LogP) is 0.647. The number of aliphatic hydroxyl groups is 1. The minimum atomic E-state index is -3.62. The van der Waals surface area contributed by atoms with Crippen LogP contribution in [0.3, 0.4) is 0 Å². The molecule has 1 atom stereocenters. The second-order valence-electron chi connectivity index (χ2n) is 3.46. The van der Waals surface area contributed by atoms with E-state index < -0.39 is 10.0 Å². The molecule has 0 saturated heterocycles. The maximum absolute atomic E-state index is 11.0. The van der Waals surface area contributed by atoms with Crippen LogP contribution in [0.4, 0.5) is 0 Å². The molecule has 0 aliphatic heterocycles. The topological polar surface area (TPSA) is 80.4 Å². The Morgan fingerprint density at radius 3 is 2.27 bits per heavy atom. The van der Waals surface area contributed by atoms with Crippen molar-refractivity contribution in [2.24, 2.45) is 5.14 Å².